The van der Waals surface area contributed by atoms with Crippen LogP contribution in [-0.4, -0.2) is 18.5 Å². The predicted octanol–water partition coefficient (Wildman–Crippen LogP) is 4.10. The van der Waals surface area contributed by atoms with Gasteiger partial charge in [-0.25, -0.2) is 9.59 Å². The van der Waals surface area contributed by atoms with E-state index < -0.39 is 24.1 Å². The maximum absolute atomic E-state index is 12.2. The highest BCUT2D eigenvalue weighted by atomic mass is 16.5. The number of ether oxygens (including phenoxy) is 1. The van der Waals surface area contributed by atoms with E-state index >= 15 is 0 Å². The fraction of sp³-hybridized carbons (Fsp3) is 0.227. The quantitative estimate of drug-likeness (QED) is 0.515. The van der Waals surface area contributed by atoms with Gasteiger partial charge in [-0.05, 0) is 36.1 Å². The van der Waals surface area contributed by atoms with Crippen LogP contribution in [0.1, 0.15) is 42.1 Å². The van der Waals surface area contributed by atoms with Gasteiger partial charge in [0.25, 0.3) is 5.91 Å². The van der Waals surface area contributed by atoms with E-state index in [0.717, 1.165) is 12.0 Å². The number of rotatable bonds is 6. The maximum Gasteiger partial charge on any atom is 0.351 e. The lowest BCUT2D eigenvalue weighted by molar-refractivity contribution is -0.119. The van der Waals surface area contributed by atoms with Crippen molar-refractivity contribution in [3.63, 3.8) is 0 Å². The van der Waals surface area contributed by atoms with Gasteiger partial charge in [-0.2, -0.15) is 0 Å². The first-order valence-electron chi connectivity index (χ1n) is 9.08. The van der Waals surface area contributed by atoms with Crippen molar-refractivity contribution in [1.29, 1.82) is 0 Å². The second-order valence-electron chi connectivity index (χ2n) is 6.51. The van der Waals surface area contributed by atoms with Gasteiger partial charge >= 0.3 is 11.6 Å². The van der Waals surface area contributed by atoms with Gasteiger partial charge in [0.2, 0.25) is 0 Å². The molecule has 1 amide bonds. The van der Waals surface area contributed by atoms with E-state index in [9.17, 15) is 14.4 Å². The summed E-state index contributed by atoms with van der Waals surface area (Å²) >= 11 is 0. The monoisotopic (exact) mass is 379 g/mol. The standard InChI is InChI=1S/C22H21NO5/c1-3-14(2)16-9-5-6-10-18(16)23-20(24)13-27-21(25)17-12-15-8-4-7-11-19(15)28-22(17)26/h4-12,14H,3,13H2,1-2H3,(H,23,24)/t14-/m0/s1. The third-order valence-electron chi connectivity index (χ3n) is 4.57. The number of carbonyl (C=O) groups is 2. The number of amides is 1. The van der Waals surface area contributed by atoms with E-state index in [1.165, 1.54) is 6.07 Å². The third-order valence-corrected chi connectivity index (χ3v) is 4.57. The number of nitrogens with one attached hydrogen (secondary N) is 1. The highest BCUT2D eigenvalue weighted by Crippen LogP contribution is 2.26. The molecule has 6 nitrogen and oxygen atoms in total. The molecule has 0 saturated carbocycles. The van der Waals surface area contributed by atoms with Gasteiger partial charge in [-0.1, -0.05) is 50.2 Å². The SMILES string of the molecule is CC[C@H](C)c1ccccc1NC(=O)COC(=O)c1cc2ccccc2oc1=O. The number of hydrogen-bond donors (Lipinski definition) is 1. The summed E-state index contributed by atoms with van der Waals surface area (Å²) in [6.45, 7) is 3.64. The summed E-state index contributed by atoms with van der Waals surface area (Å²) in [6.07, 6.45) is 0.930. The number of carbonyl (C=O) groups excluding carboxylic acids is 2. The molecule has 0 fully saturated rings. The third kappa shape index (κ3) is 4.28. The van der Waals surface area contributed by atoms with Crippen molar-refractivity contribution >= 4 is 28.5 Å². The van der Waals surface area contributed by atoms with E-state index in [1.54, 1.807) is 30.3 Å². The minimum Gasteiger partial charge on any atom is -0.452 e. The van der Waals surface area contributed by atoms with Crippen molar-refractivity contribution < 1.29 is 18.7 Å². The van der Waals surface area contributed by atoms with Crippen LogP contribution in [0.4, 0.5) is 5.69 Å². The van der Waals surface area contributed by atoms with Crippen molar-refractivity contribution in [1.82, 2.24) is 0 Å². The number of hydrogen-bond acceptors (Lipinski definition) is 5. The number of para-hydroxylation sites is 2. The lowest BCUT2D eigenvalue weighted by atomic mass is 9.97. The van der Waals surface area contributed by atoms with Crippen molar-refractivity contribution in [3.05, 3.63) is 76.1 Å². The fourth-order valence-corrected chi connectivity index (χ4v) is 2.86. The van der Waals surface area contributed by atoms with Crippen LogP contribution in [0.25, 0.3) is 11.0 Å². The van der Waals surface area contributed by atoms with Gasteiger partial charge in [-0.3, -0.25) is 4.79 Å². The van der Waals surface area contributed by atoms with Crippen LogP contribution in [0.2, 0.25) is 0 Å². The predicted molar refractivity (Wildman–Crippen MR) is 107 cm³/mol. The average molecular weight is 379 g/mol. The zero-order valence-electron chi connectivity index (χ0n) is 15.7. The molecular weight excluding hydrogens is 358 g/mol. The van der Waals surface area contributed by atoms with Crippen LogP contribution in [0.3, 0.4) is 0 Å². The highest BCUT2D eigenvalue weighted by molar-refractivity contribution is 5.97. The second-order valence-corrected chi connectivity index (χ2v) is 6.51. The largest absolute Gasteiger partial charge is 0.452 e. The molecule has 1 atom stereocenters. The van der Waals surface area contributed by atoms with Gasteiger partial charge in [0.15, 0.2) is 6.61 Å². The summed E-state index contributed by atoms with van der Waals surface area (Å²) in [7, 11) is 0. The Morgan fingerprint density at radius 3 is 2.61 bits per heavy atom. The van der Waals surface area contributed by atoms with Crippen LogP contribution < -0.4 is 10.9 Å². The molecule has 28 heavy (non-hydrogen) atoms. The molecule has 0 aliphatic rings. The van der Waals surface area contributed by atoms with E-state index in [4.69, 9.17) is 9.15 Å². The Morgan fingerprint density at radius 1 is 1.11 bits per heavy atom. The number of anilines is 1. The highest BCUT2D eigenvalue weighted by Gasteiger charge is 2.17. The summed E-state index contributed by atoms with van der Waals surface area (Å²) in [5, 5.41) is 3.36. The van der Waals surface area contributed by atoms with Crippen LogP contribution in [0.15, 0.2) is 63.8 Å². The molecule has 0 bridgehead atoms. The Balaban J connectivity index is 1.68. The molecule has 3 aromatic rings. The zero-order chi connectivity index (χ0) is 20.1. The maximum atomic E-state index is 12.2. The minimum absolute atomic E-state index is 0.244. The summed E-state index contributed by atoms with van der Waals surface area (Å²) in [5.41, 5.74) is 1.03. The van der Waals surface area contributed by atoms with Crippen molar-refractivity contribution in [2.24, 2.45) is 0 Å². The molecule has 1 heterocycles. The second kappa shape index (κ2) is 8.52. The van der Waals surface area contributed by atoms with E-state index in [2.05, 4.69) is 19.2 Å². The Bertz CT molecular complexity index is 1070. The van der Waals surface area contributed by atoms with Gasteiger partial charge < -0.3 is 14.5 Å². The van der Waals surface area contributed by atoms with Crippen LogP contribution in [-0.2, 0) is 9.53 Å². The molecule has 0 spiro atoms. The molecule has 0 unspecified atom stereocenters. The Kier molecular flexibility index (Phi) is 5.89. The topological polar surface area (TPSA) is 85.6 Å². The van der Waals surface area contributed by atoms with Crippen molar-refractivity contribution in [3.8, 4) is 0 Å². The number of fused-ring (bicyclic) bond motifs is 1. The first-order chi connectivity index (χ1) is 13.5. The van der Waals surface area contributed by atoms with Crippen LogP contribution in [0, 0.1) is 0 Å². The Hall–Kier alpha value is -3.41. The lowest BCUT2D eigenvalue weighted by Crippen LogP contribution is -2.24. The summed E-state index contributed by atoms with van der Waals surface area (Å²) in [5.74, 6) is -1.10. The molecular formula is C22H21NO5. The van der Waals surface area contributed by atoms with E-state index in [0.29, 0.717) is 16.7 Å². The number of esters is 1. The lowest BCUT2D eigenvalue weighted by Gasteiger charge is -2.15. The number of benzene rings is 2. The molecule has 0 aliphatic carbocycles. The minimum atomic E-state index is -0.898. The zero-order valence-corrected chi connectivity index (χ0v) is 15.7. The van der Waals surface area contributed by atoms with Gasteiger partial charge in [0.1, 0.15) is 11.1 Å². The molecule has 3 rings (SSSR count). The summed E-state index contributed by atoms with van der Waals surface area (Å²) in [6, 6.07) is 15.7. The van der Waals surface area contributed by atoms with Gasteiger partial charge in [0, 0.05) is 11.1 Å². The molecule has 1 aromatic heterocycles. The first kappa shape index (κ1) is 19.4. The molecule has 0 radical (unpaired) electrons. The Labute approximate surface area is 162 Å². The van der Waals surface area contributed by atoms with Crippen LogP contribution in [0.5, 0.6) is 0 Å². The van der Waals surface area contributed by atoms with E-state index in [-0.39, 0.29) is 11.5 Å². The molecule has 0 aliphatic heterocycles. The Morgan fingerprint density at radius 2 is 1.82 bits per heavy atom. The van der Waals surface area contributed by atoms with Gasteiger partial charge in [0.05, 0.1) is 0 Å². The smallest absolute Gasteiger partial charge is 0.351 e. The molecule has 6 heteroatoms. The van der Waals surface area contributed by atoms with Gasteiger partial charge in [-0.15, -0.1) is 0 Å². The fourth-order valence-electron chi connectivity index (χ4n) is 2.86. The van der Waals surface area contributed by atoms with Crippen molar-refractivity contribution in [2.75, 3.05) is 11.9 Å². The molecule has 2 aromatic carbocycles. The average Bonchev–Trinajstić information content (AvgIpc) is 2.71. The normalized spacial score (nSPS) is 11.8. The summed E-state index contributed by atoms with van der Waals surface area (Å²) in [4.78, 5) is 36.4. The first-order valence-corrected chi connectivity index (χ1v) is 9.08. The summed E-state index contributed by atoms with van der Waals surface area (Å²) < 4.78 is 10.1. The van der Waals surface area contributed by atoms with Crippen molar-refractivity contribution in [2.45, 2.75) is 26.2 Å². The van der Waals surface area contributed by atoms with Crippen LogP contribution >= 0.6 is 0 Å². The molecule has 1 N–H and O–H groups in total. The molecule has 144 valence electrons. The van der Waals surface area contributed by atoms with E-state index in [1.807, 2.05) is 18.2 Å². The molecule has 0 saturated heterocycles.